The molecule has 0 atom stereocenters. The maximum Gasteiger partial charge on any atom is 0.178 e. The van der Waals surface area contributed by atoms with Crippen molar-refractivity contribution in [2.45, 2.75) is 11.8 Å². The Labute approximate surface area is 97.5 Å². The van der Waals surface area contributed by atoms with E-state index in [1.54, 1.807) is 6.92 Å². The molecule has 82 valence electrons. The van der Waals surface area contributed by atoms with Crippen LogP contribution in [0.5, 0.6) is 0 Å². The minimum Gasteiger partial charge on any atom is -0.293 e. The summed E-state index contributed by atoms with van der Waals surface area (Å²) in [5, 5.41) is 0.243. The van der Waals surface area contributed by atoms with Crippen molar-refractivity contribution in [2.75, 3.05) is 11.1 Å². The van der Waals surface area contributed by atoms with Gasteiger partial charge in [0, 0.05) is 5.56 Å². The maximum atomic E-state index is 11.5. The van der Waals surface area contributed by atoms with Crippen molar-refractivity contribution < 1.29 is 13.2 Å². The molecule has 0 aliphatic heterocycles. The molecule has 0 aliphatic rings. The van der Waals surface area contributed by atoms with E-state index in [4.69, 9.17) is 0 Å². The number of carbonyl (C=O) groups excluding carboxylic acids is 1. The largest absolute Gasteiger partial charge is 0.293 e. The van der Waals surface area contributed by atoms with Crippen LogP contribution in [-0.4, -0.2) is 25.3 Å². The molecule has 1 rings (SSSR count). The summed E-state index contributed by atoms with van der Waals surface area (Å²) in [6.07, 6.45) is 0. The Morgan fingerprint density at radius 1 is 1.27 bits per heavy atom. The van der Waals surface area contributed by atoms with Crippen molar-refractivity contribution in [3.8, 4) is 0 Å². The van der Waals surface area contributed by atoms with Crippen molar-refractivity contribution in [1.82, 2.24) is 0 Å². The summed E-state index contributed by atoms with van der Waals surface area (Å²) in [4.78, 5) is 11.5. The van der Waals surface area contributed by atoms with Crippen molar-refractivity contribution in [3.05, 3.63) is 29.8 Å². The van der Waals surface area contributed by atoms with Crippen molar-refractivity contribution in [1.29, 1.82) is 0 Å². The molecule has 1 aromatic carbocycles. The number of hydrogen-bond acceptors (Lipinski definition) is 3. The Morgan fingerprint density at radius 3 is 2.20 bits per heavy atom. The molecule has 3 nitrogen and oxygen atoms in total. The smallest absolute Gasteiger partial charge is 0.178 e. The van der Waals surface area contributed by atoms with Gasteiger partial charge in [0.05, 0.1) is 16.0 Å². The minimum absolute atomic E-state index is 0.0598. The van der Waals surface area contributed by atoms with E-state index in [9.17, 15) is 13.2 Å². The molecule has 0 fully saturated rings. The SMILES string of the molecule is CCS(=O)(=O)c1ccc(C(=O)CBr)cc1. The number of rotatable bonds is 4. The molecular weight excluding hydrogens is 280 g/mol. The van der Waals surface area contributed by atoms with E-state index in [1.165, 1.54) is 24.3 Å². The monoisotopic (exact) mass is 290 g/mol. The highest BCUT2D eigenvalue weighted by molar-refractivity contribution is 9.09. The number of hydrogen-bond donors (Lipinski definition) is 0. The Hall–Kier alpha value is -0.680. The highest BCUT2D eigenvalue weighted by Crippen LogP contribution is 2.13. The van der Waals surface area contributed by atoms with Crippen LogP contribution >= 0.6 is 15.9 Å². The number of benzene rings is 1. The first-order valence-corrected chi connectivity index (χ1v) is 7.20. The van der Waals surface area contributed by atoms with Crippen LogP contribution < -0.4 is 0 Å². The van der Waals surface area contributed by atoms with Gasteiger partial charge in [-0.15, -0.1) is 0 Å². The van der Waals surface area contributed by atoms with Gasteiger partial charge in [-0.05, 0) is 12.1 Å². The quantitative estimate of drug-likeness (QED) is 0.630. The molecule has 0 aliphatic carbocycles. The first-order chi connectivity index (χ1) is 7.01. The first-order valence-electron chi connectivity index (χ1n) is 4.43. The molecule has 0 saturated carbocycles. The highest BCUT2D eigenvalue weighted by Gasteiger charge is 2.11. The Balaban J connectivity index is 3.06. The van der Waals surface area contributed by atoms with Gasteiger partial charge in [0.25, 0.3) is 0 Å². The fourth-order valence-corrected chi connectivity index (χ4v) is 2.30. The predicted octanol–water partition coefficient (Wildman–Crippen LogP) is 2.06. The lowest BCUT2D eigenvalue weighted by molar-refractivity contribution is 0.102. The fraction of sp³-hybridized carbons (Fsp3) is 0.300. The van der Waals surface area contributed by atoms with Gasteiger partial charge in [0.2, 0.25) is 0 Å². The van der Waals surface area contributed by atoms with E-state index in [0.717, 1.165) is 0 Å². The van der Waals surface area contributed by atoms with Gasteiger partial charge in [0.1, 0.15) is 0 Å². The minimum atomic E-state index is -3.17. The molecule has 0 saturated heterocycles. The van der Waals surface area contributed by atoms with Gasteiger partial charge >= 0.3 is 0 Å². The first kappa shape index (κ1) is 12.4. The Morgan fingerprint density at radius 2 is 1.80 bits per heavy atom. The molecule has 1 aromatic rings. The second-order valence-corrected chi connectivity index (χ2v) is 5.82. The number of halogens is 1. The topological polar surface area (TPSA) is 51.2 Å². The van der Waals surface area contributed by atoms with Crippen LogP contribution in [0.15, 0.2) is 29.2 Å². The van der Waals surface area contributed by atoms with E-state index in [0.29, 0.717) is 5.56 Å². The van der Waals surface area contributed by atoms with E-state index in [2.05, 4.69) is 15.9 Å². The third-order valence-electron chi connectivity index (χ3n) is 2.04. The Kier molecular flexibility index (Phi) is 4.04. The Bertz CT molecular complexity index is 448. The van der Waals surface area contributed by atoms with Crippen LogP contribution in [0, 0.1) is 0 Å². The zero-order chi connectivity index (χ0) is 11.5. The van der Waals surface area contributed by atoms with Crippen LogP contribution in [0.4, 0.5) is 0 Å². The van der Waals surface area contributed by atoms with Crippen LogP contribution in [0.2, 0.25) is 0 Å². The van der Waals surface area contributed by atoms with Gasteiger partial charge in [-0.2, -0.15) is 0 Å². The summed E-state index contributed by atoms with van der Waals surface area (Å²) in [5.74, 6) is 0.00842. The molecule has 15 heavy (non-hydrogen) atoms. The summed E-state index contributed by atoms with van der Waals surface area (Å²) < 4.78 is 22.9. The zero-order valence-electron chi connectivity index (χ0n) is 8.23. The number of alkyl halides is 1. The predicted molar refractivity (Wildman–Crippen MR) is 62.3 cm³/mol. The molecule has 0 amide bonds. The van der Waals surface area contributed by atoms with E-state index >= 15 is 0 Å². The van der Waals surface area contributed by atoms with Gasteiger partial charge < -0.3 is 0 Å². The van der Waals surface area contributed by atoms with Gasteiger partial charge in [-0.25, -0.2) is 8.42 Å². The van der Waals surface area contributed by atoms with E-state index in [1.807, 2.05) is 0 Å². The van der Waals surface area contributed by atoms with Crippen molar-refractivity contribution >= 4 is 31.6 Å². The van der Waals surface area contributed by atoms with E-state index < -0.39 is 9.84 Å². The molecule has 0 bridgehead atoms. The average Bonchev–Trinajstić information content (AvgIpc) is 2.28. The number of Topliss-reactive ketones (excluding diaryl/α,β-unsaturated/α-hetero) is 1. The normalized spacial score (nSPS) is 11.3. The van der Waals surface area contributed by atoms with Crippen molar-refractivity contribution in [2.24, 2.45) is 0 Å². The van der Waals surface area contributed by atoms with Crippen LogP contribution in [0.3, 0.4) is 0 Å². The van der Waals surface area contributed by atoms with Gasteiger partial charge in [-0.1, -0.05) is 35.0 Å². The average molecular weight is 291 g/mol. The fourth-order valence-electron chi connectivity index (χ4n) is 1.09. The second-order valence-electron chi connectivity index (χ2n) is 2.98. The summed E-state index contributed by atoms with van der Waals surface area (Å²) in [7, 11) is -3.17. The van der Waals surface area contributed by atoms with Crippen LogP contribution in [0.1, 0.15) is 17.3 Å². The van der Waals surface area contributed by atoms with Crippen LogP contribution in [-0.2, 0) is 9.84 Å². The molecule has 0 N–H and O–H groups in total. The number of carbonyl (C=O) groups is 1. The molecule has 0 spiro atoms. The third-order valence-corrected chi connectivity index (χ3v) is 4.30. The van der Waals surface area contributed by atoms with Crippen molar-refractivity contribution in [3.63, 3.8) is 0 Å². The molecular formula is C10H11BrO3S. The lowest BCUT2D eigenvalue weighted by Crippen LogP contribution is -2.05. The zero-order valence-corrected chi connectivity index (χ0v) is 10.6. The summed E-state index contributed by atoms with van der Waals surface area (Å²) in [6, 6.07) is 6.00. The van der Waals surface area contributed by atoms with Gasteiger partial charge in [0.15, 0.2) is 15.6 Å². The lowest BCUT2D eigenvalue weighted by Gasteiger charge is -2.02. The number of sulfone groups is 1. The summed E-state index contributed by atoms with van der Waals surface area (Å²) in [5.41, 5.74) is 0.516. The third kappa shape index (κ3) is 2.89. The molecule has 0 heterocycles. The lowest BCUT2D eigenvalue weighted by atomic mass is 10.2. The summed E-state index contributed by atoms with van der Waals surface area (Å²) >= 11 is 3.06. The summed E-state index contributed by atoms with van der Waals surface area (Å²) in [6.45, 7) is 1.59. The molecule has 0 aromatic heterocycles. The number of ketones is 1. The van der Waals surface area contributed by atoms with Crippen LogP contribution in [0.25, 0.3) is 0 Å². The van der Waals surface area contributed by atoms with E-state index in [-0.39, 0.29) is 21.8 Å². The highest BCUT2D eigenvalue weighted by atomic mass is 79.9. The molecule has 0 radical (unpaired) electrons. The van der Waals surface area contributed by atoms with Gasteiger partial charge in [-0.3, -0.25) is 4.79 Å². The molecule has 5 heteroatoms. The standard InChI is InChI=1S/C10H11BrO3S/c1-2-15(13,14)9-5-3-8(4-6-9)10(12)7-11/h3-6H,2,7H2,1H3. The maximum absolute atomic E-state index is 11.5. The second kappa shape index (κ2) is 4.90. The molecule has 0 unspecified atom stereocenters.